The highest BCUT2D eigenvalue weighted by Gasteiger charge is 2.51. The van der Waals surface area contributed by atoms with Gasteiger partial charge in [-0.15, -0.1) is 0 Å². The molecule has 3 aromatic carbocycles. The molecule has 4 aromatic rings. The van der Waals surface area contributed by atoms with E-state index in [4.69, 9.17) is 18.5 Å². The number of anilines is 1. The summed E-state index contributed by atoms with van der Waals surface area (Å²) in [6.45, 7) is 12.5. The van der Waals surface area contributed by atoms with Gasteiger partial charge in [0.15, 0.2) is 0 Å². The van der Waals surface area contributed by atoms with Crippen LogP contribution in [0.5, 0.6) is 0 Å². The molecule has 1 saturated heterocycles. The lowest BCUT2D eigenvalue weighted by atomic mass is 9.77. The van der Waals surface area contributed by atoms with Crippen molar-refractivity contribution >= 4 is 39.7 Å². The van der Waals surface area contributed by atoms with Gasteiger partial charge in [-0.3, -0.25) is 9.10 Å². The van der Waals surface area contributed by atoms with Crippen LogP contribution in [0, 0.1) is 11.7 Å². The molecule has 1 unspecified atom stereocenters. The summed E-state index contributed by atoms with van der Waals surface area (Å²) in [4.78, 5) is 13.7. The molecule has 2 fully saturated rings. The van der Waals surface area contributed by atoms with Crippen molar-refractivity contribution in [1.82, 2.24) is 5.32 Å². The van der Waals surface area contributed by atoms with Crippen LogP contribution in [0.2, 0.25) is 6.32 Å². The number of carbonyl (C=O) groups is 1. The fourth-order valence-corrected chi connectivity index (χ4v) is 7.54. The first kappa shape index (κ1) is 37.1. The number of nitrogens with one attached hydrogen (secondary N) is 1. The third-order valence-electron chi connectivity index (χ3n) is 9.99. The summed E-state index contributed by atoms with van der Waals surface area (Å²) in [5.41, 5.74) is 2.48. The van der Waals surface area contributed by atoms with Crippen molar-refractivity contribution in [1.29, 1.82) is 0 Å². The second kappa shape index (κ2) is 14.4. The molecule has 272 valence electrons. The number of nitrogens with zero attached hydrogens (tertiary/aromatic N) is 1. The summed E-state index contributed by atoms with van der Waals surface area (Å²) in [5.74, 6) is -0.626. The fraction of sp³-hybridized carbons (Fsp3) is 0.462. The maximum atomic E-state index is 13.9. The first-order valence-corrected chi connectivity index (χ1v) is 19.5. The number of rotatable bonds is 14. The Morgan fingerprint density at radius 1 is 1.02 bits per heavy atom. The minimum Gasteiger partial charge on any atom is -0.455 e. The topological polar surface area (TPSA) is 107 Å². The van der Waals surface area contributed by atoms with Gasteiger partial charge in [0.05, 0.1) is 41.9 Å². The molecule has 1 amide bonds. The third-order valence-corrected chi connectivity index (χ3v) is 11.1. The minimum absolute atomic E-state index is 0.106. The van der Waals surface area contributed by atoms with E-state index in [2.05, 4.69) is 5.32 Å². The van der Waals surface area contributed by atoms with E-state index in [1.165, 1.54) is 22.7 Å². The third kappa shape index (κ3) is 8.35. The fourth-order valence-electron chi connectivity index (χ4n) is 6.54. The van der Waals surface area contributed by atoms with Gasteiger partial charge in [0.25, 0.3) is 5.91 Å². The molecule has 0 radical (unpaired) electrons. The number of benzene rings is 3. The Hall–Kier alpha value is -3.71. The molecule has 1 aliphatic carbocycles. The van der Waals surface area contributed by atoms with Gasteiger partial charge < -0.3 is 23.8 Å². The van der Waals surface area contributed by atoms with Crippen LogP contribution in [0.25, 0.3) is 22.3 Å². The van der Waals surface area contributed by atoms with Crippen molar-refractivity contribution in [3.63, 3.8) is 0 Å². The van der Waals surface area contributed by atoms with Crippen LogP contribution in [0.15, 0.2) is 71.1 Å². The number of sulfonamides is 1. The van der Waals surface area contributed by atoms with Crippen molar-refractivity contribution in [3.05, 3.63) is 89.2 Å². The molecule has 0 spiro atoms. The summed E-state index contributed by atoms with van der Waals surface area (Å²) in [6.07, 6.45) is 3.40. The molecule has 9 nitrogen and oxygen atoms in total. The zero-order valence-corrected chi connectivity index (χ0v) is 31.3. The molecular formula is C39H48BFN2O7S. The average molecular weight is 719 g/mol. The first-order valence-electron chi connectivity index (χ1n) is 17.6. The molecule has 1 aliphatic heterocycles. The van der Waals surface area contributed by atoms with E-state index in [-0.39, 0.29) is 36.9 Å². The summed E-state index contributed by atoms with van der Waals surface area (Å²) in [5, 5.41) is 3.55. The largest absolute Gasteiger partial charge is 0.458 e. The molecule has 0 bridgehead atoms. The Kier molecular flexibility index (Phi) is 10.4. The Morgan fingerprint density at radius 2 is 1.67 bits per heavy atom. The van der Waals surface area contributed by atoms with E-state index < -0.39 is 34.2 Å². The Morgan fingerprint density at radius 3 is 2.25 bits per heavy atom. The predicted molar refractivity (Wildman–Crippen MR) is 199 cm³/mol. The SMILES string of the molecule is CC(C)NC(=O)c1c(-c2ccc(F)cc2)oc2cc(N(CC(COCc3ccccc3)CB3OC(C)(C)C(C)(C)O3)S(C)(=O)=O)c(C3CC3)cc12. The second-order valence-corrected chi connectivity index (χ2v) is 17.1. The summed E-state index contributed by atoms with van der Waals surface area (Å²) >= 11 is 0. The van der Waals surface area contributed by atoms with Crippen LogP contribution in [-0.4, -0.2) is 58.1 Å². The first-order chi connectivity index (χ1) is 24.0. The van der Waals surface area contributed by atoms with Crippen LogP contribution in [-0.2, 0) is 30.7 Å². The number of furan rings is 1. The van der Waals surface area contributed by atoms with Crippen LogP contribution in [0.1, 0.15) is 81.8 Å². The van der Waals surface area contributed by atoms with Gasteiger partial charge in [0, 0.05) is 29.6 Å². The molecule has 1 saturated carbocycles. The molecule has 1 N–H and O–H groups in total. The smallest absolute Gasteiger partial charge is 0.455 e. The maximum absolute atomic E-state index is 13.9. The van der Waals surface area contributed by atoms with E-state index in [1.807, 2.05) is 77.9 Å². The minimum atomic E-state index is -3.83. The van der Waals surface area contributed by atoms with E-state index in [1.54, 1.807) is 18.2 Å². The van der Waals surface area contributed by atoms with Gasteiger partial charge in [-0.2, -0.15) is 0 Å². The summed E-state index contributed by atoms with van der Waals surface area (Å²) in [7, 11) is -4.38. The number of halogens is 1. The summed E-state index contributed by atoms with van der Waals surface area (Å²) < 4.78 is 68.2. The quantitative estimate of drug-likeness (QED) is 0.132. The zero-order valence-electron chi connectivity index (χ0n) is 30.5. The number of carbonyl (C=O) groups excluding carboxylic acids is 1. The van der Waals surface area contributed by atoms with Gasteiger partial charge >= 0.3 is 7.12 Å². The Labute approximate surface area is 301 Å². The maximum Gasteiger partial charge on any atom is 0.458 e. The highest BCUT2D eigenvalue weighted by atomic mass is 32.2. The van der Waals surface area contributed by atoms with Gasteiger partial charge in [0.1, 0.15) is 17.2 Å². The van der Waals surface area contributed by atoms with E-state index >= 15 is 0 Å². The second-order valence-electron chi connectivity index (χ2n) is 15.2. The van der Waals surface area contributed by atoms with Crippen LogP contribution < -0.4 is 9.62 Å². The number of amides is 1. The van der Waals surface area contributed by atoms with E-state index in [0.717, 1.165) is 24.0 Å². The number of hydrogen-bond donors (Lipinski definition) is 1. The molecule has 1 aromatic heterocycles. The predicted octanol–water partition coefficient (Wildman–Crippen LogP) is 7.95. The highest BCUT2D eigenvalue weighted by molar-refractivity contribution is 7.92. The van der Waals surface area contributed by atoms with Crippen LogP contribution in [0.4, 0.5) is 10.1 Å². The van der Waals surface area contributed by atoms with Gasteiger partial charge in [-0.25, -0.2) is 12.8 Å². The number of hydrogen-bond acceptors (Lipinski definition) is 7. The molecular weight excluding hydrogens is 670 g/mol. The molecule has 51 heavy (non-hydrogen) atoms. The van der Waals surface area contributed by atoms with Crippen molar-refractivity contribution in [2.45, 2.75) is 90.5 Å². The van der Waals surface area contributed by atoms with E-state index in [9.17, 15) is 17.6 Å². The van der Waals surface area contributed by atoms with Gasteiger partial charge in [0.2, 0.25) is 10.0 Å². The lowest BCUT2D eigenvalue weighted by molar-refractivity contribution is 0.00578. The molecule has 6 rings (SSSR count). The normalized spacial score (nSPS) is 17.6. The Balaban J connectivity index is 1.41. The number of ether oxygens (including phenoxy) is 1. The zero-order chi connectivity index (χ0) is 36.7. The molecule has 1 atom stereocenters. The lowest BCUT2D eigenvalue weighted by Crippen LogP contribution is -2.41. The van der Waals surface area contributed by atoms with Gasteiger partial charge in [-0.05, 0) is 114 Å². The summed E-state index contributed by atoms with van der Waals surface area (Å²) in [6, 6.07) is 19.1. The van der Waals surface area contributed by atoms with E-state index in [0.29, 0.717) is 46.5 Å². The molecule has 2 aliphatic rings. The molecule has 2 heterocycles. The average Bonchev–Trinajstić information content (AvgIpc) is 3.78. The van der Waals surface area contributed by atoms with Crippen molar-refractivity contribution < 1.29 is 36.1 Å². The van der Waals surface area contributed by atoms with Crippen molar-refractivity contribution in [3.8, 4) is 11.3 Å². The highest BCUT2D eigenvalue weighted by Crippen LogP contribution is 2.48. The Bertz CT molecular complexity index is 1960. The monoisotopic (exact) mass is 718 g/mol. The van der Waals surface area contributed by atoms with Crippen molar-refractivity contribution in [2.75, 3.05) is 23.7 Å². The number of fused-ring (bicyclic) bond motifs is 1. The van der Waals surface area contributed by atoms with Crippen LogP contribution in [0.3, 0.4) is 0 Å². The van der Waals surface area contributed by atoms with Gasteiger partial charge in [-0.1, -0.05) is 30.3 Å². The lowest BCUT2D eigenvalue weighted by Gasteiger charge is -2.32. The van der Waals surface area contributed by atoms with Crippen molar-refractivity contribution in [2.24, 2.45) is 5.92 Å². The molecule has 12 heteroatoms. The standard InChI is InChI=1S/C39H48BFN2O7S/c1-25(2)42-37(44)35-32-19-31(28-13-14-28)33(20-34(32)48-36(35)29-15-17-30(41)18-16-29)43(51(7,45)46)22-27(24-47-23-26-11-9-8-10-12-26)21-40-49-38(3,4)39(5,6)50-40/h8-12,15-20,25,27-28H,13-14,21-24H2,1-7H3,(H,42,44). The van der Waals surface area contributed by atoms with Crippen LogP contribution >= 0.6 is 0 Å².